The molecule has 53 heavy (non-hydrogen) atoms. The fourth-order valence-corrected chi connectivity index (χ4v) is 8.05. The number of amides is 5. The Morgan fingerprint density at radius 1 is 0.962 bits per heavy atom. The molecule has 2 aliphatic heterocycles. The quantitative estimate of drug-likeness (QED) is 0.133. The molecule has 3 N–H and O–H groups in total. The molecular formula is C41H40ClN5O6. The first-order valence-corrected chi connectivity index (χ1v) is 18.0. The second-order valence-corrected chi connectivity index (χ2v) is 15.2. The molecule has 3 aromatic carbocycles. The number of halogens is 1. The molecular weight excluding hydrogens is 694 g/mol. The van der Waals surface area contributed by atoms with Crippen LogP contribution in [-0.2, 0) is 9.59 Å². The van der Waals surface area contributed by atoms with Gasteiger partial charge in [-0.25, -0.2) is 0 Å². The number of anilines is 1. The molecule has 1 atom stereocenters. The van der Waals surface area contributed by atoms with Gasteiger partial charge in [0.2, 0.25) is 11.8 Å². The summed E-state index contributed by atoms with van der Waals surface area (Å²) in [4.78, 5) is 63.9. The lowest BCUT2D eigenvalue weighted by atomic mass is 9.49. The highest BCUT2D eigenvalue weighted by atomic mass is 35.5. The molecule has 3 aliphatic rings. The number of nitrogens with one attached hydrogen (secondary N) is 3. The van der Waals surface area contributed by atoms with E-state index in [0.29, 0.717) is 33.9 Å². The summed E-state index contributed by atoms with van der Waals surface area (Å²) < 4.78 is 6.33. The number of ether oxygens (including phenoxy) is 1. The number of rotatable bonds is 10. The number of hydrogen-bond donors (Lipinski definition) is 3. The van der Waals surface area contributed by atoms with Crippen molar-refractivity contribution in [2.75, 3.05) is 11.9 Å². The molecule has 3 aromatic rings. The number of unbranched alkanes of at least 4 members (excludes halogenated alkanes) is 2. The lowest BCUT2D eigenvalue weighted by molar-refractivity contribution is -0.164. The van der Waals surface area contributed by atoms with Crippen LogP contribution in [0.25, 0.3) is 0 Å². The van der Waals surface area contributed by atoms with Gasteiger partial charge in [0.05, 0.1) is 21.7 Å². The summed E-state index contributed by atoms with van der Waals surface area (Å²) in [5.74, 6) is 4.45. The number of imide groups is 2. The minimum absolute atomic E-state index is 0.0677. The summed E-state index contributed by atoms with van der Waals surface area (Å²) in [7, 11) is 0. The Kier molecular flexibility index (Phi) is 10.3. The highest BCUT2D eigenvalue weighted by Crippen LogP contribution is 2.55. The van der Waals surface area contributed by atoms with Crippen molar-refractivity contribution in [1.29, 1.82) is 5.26 Å². The third-order valence-corrected chi connectivity index (χ3v) is 10.6. The Morgan fingerprint density at radius 2 is 1.68 bits per heavy atom. The normalized spacial score (nSPS) is 21.0. The van der Waals surface area contributed by atoms with Gasteiger partial charge in [0.1, 0.15) is 24.0 Å². The number of nitrogens with zero attached hydrogens (tertiary/aromatic N) is 2. The minimum Gasteiger partial charge on any atom is -0.489 e. The predicted octanol–water partition coefficient (Wildman–Crippen LogP) is 5.86. The van der Waals surface area contributed by atoms with Crippen LogP contribution in [0.15, 0.2) is 60.7 Å². The average Bonchev–Trinajstić information content (AvgIpc) is 3.37. The van der Waals surface area contributed by atoms with Crippen LogP contribution in [0.4, 0.5) is 5.69 Å². The van der Waals surface area contributed by atoms with E-state index in [1.807, 2.05) is 12.1 Å². The van der Waals surface area contributed by atoms with Gasteiger partial charge in [0.25, 0.3) is 17.7 Å². The molecule has 6 rings (SSSR count). The third-order valence-electron chi connectivity index (χ3n) is 10.3. The maximum Gasteiger partial charge on any atom is 0.262 e. The fraction of sp³-hybridized carbons (Fsp3) is 0.366. The topological polar surface area (TPSA) is 158 Å². The van der Waals surface area contributed by atoms with E-state index in [9.17, 15) is 24.0 Å². The molecule has 0 aromatic heterocycles. The summed E-state index contributed by atoms with van der Waals surface area (Å²) in [6, 6.07) is 18.1. The summed E-state index contributed by atoms with van der Waals surface area (Å²) >= 11 is 6.21. The third kappa shape index (κ3) is 7.35. The van der Waals surface area contributed by atoms with Crippen LogP contribution < -0.4 is 20.7 Å². The zero-order chi connectivity index (χ0) is 38.1. The molecule has 2 heterocycles. The van der Waals surface area contributed by atoms with Crippen LogP contribution >= 0.6 is 11.6 Å². The zero-order valence-electron chi connectivity index (χ0n) is 30.0. The molecule has 272 valence electrons. The molecule has 1 saturated heterocycles. The molecule has 12 heteroatoms. The van der Waals surface area contributed by atoms with E-state index in [0.717, 1.165) is 30.0 Å². The molecule has 2 fully saturated rings. The van der Waals surface area contributed by atoms with Crippen molar-refractivity contribution in [2.45, 2.75) is 78.0 Å². The van der Waals surface area contributed by atoms with Gasteiger partial charge in [-0.05, 0) is 73.9 Å². The largest absolute Gasteiger partial charge is 0.489 e. The van der Waals surface area contributed by atoms with Crippen LogP contribution in [0.1, 0.15) is 102 Å². The lowest BCUT2D eigenvalue weighted by Crippen LogP contribution is -2.74. The summed E-state index contributed by atoms with van der Waals surface area (Å²) in [5, 5.41) is 18.3. The zero-order valence-corrected chi connectivity index (χ0v) is 30.7. The van der Waals surface area contributed by atoms with Crippen LogP contribution in [0.5, 0.6) is 5.75 Å². The van der Waals surface area contributed by atoms with Gasteiger partial charge in [-0.15, -0.1) is 0 Å². The van der Waals surface area contributed by atoms with E-state index in [2.05, 4.69) is 61.6 Å². The Labute approximate surface area is 313 Å². The Balaban J connectivity index is 0.940. The van der Waals surface area contributed by atoms with Crippen molar-refractivity contribution < 1.29 is 28.7 Å². The standard InChI is InChI=1S/C41H40ClN5O6/c1-40(2)38(41(3,4)39(40)53-28-16-13-26(23-43)31(42)22-28)46-34(49)25-11-14-27(15-12-25)44-20-8-6-5-7-9-24-10-17-29-30(21-24)37(52)47(36(29)51)32-18-19-33(48)45-35(32)50/h10-17,21-22,32,38-39,44H,5-6,8,18-20H2,1-4H3,(H,46,49)(H,45,48,50)/t32-,38-,39-/m0/s1. The Bertz CT molecular complexity index is 2090. The molecule has 0 bridgehead atoms. The van der Waals surface area contributed by atoms with Gasteiger partial charge in [-0.3, -0.25) is 34.2 Å². The van der Waals surface area contributed by atoms with Crippen molar-refractivity contribution in [3.8, 4) is 23.7 Å². The smallest absolute Gasteiger partial charge is 0.262 e. The average molecular weight is 734 g/mol. The maximum atomic E-state index is 13.3. The second kappa shape index (κ2) is 14.8. The number of benzene rings is 3. The molecule has 11 nitrogen and oxygen atoms in total. The maximum absolute atomic E-state index is 13.3. The van der Waals surface area contributed by atoms with Crippen molar-refractivity contribution in [3.63, 3.8) is 0 Å². The molecule has 0 unspecified atom stereocenters. The van der Waals surface area contributed by atoms with E-state index in [1.54, 1.807) is 48.5 Å². The van der Waals surface area contributed by atoms with Gasteiger partial charge in [-0.1, -0.05) is 51.1 Å². The number of carbonyl (C=O) groups is 5. The highest BCUT2D eigenvalue weighted by Gasteiger charge is 2.64. The molecule has 0 spiro atoms. The summed E-state index contributed by atoms with van der Waals surface area (Å²) in [6.45, 7) is 8.98. The van der Waals surface area contributed by atoms with E-state index in [1.165, 1.54) is 0 Å². The molecule has 0 radical (unpaired) electrons. The van der Waals surface area contributed by atoms with Crippen molar-refractivity contribution >= 4 is 46.8 Å². The highest BCUT2D eigenvalue weighted by molar-refractivity contribution is 6.31. The van der Waals surface area contributed by atoms with Crippen molar-refractivity contribution in [1.82, 2.24) is 15.5 Å². The van der Waals surface area contributed by atoms with Gasteiger partial charge in [0, 0.05) is 59.1 Å². The first-order chi connectivity index (χ1) is 25.2. The summed E-state index contributed by atoms with van der Waals surface area (Å²) in [5.41, 5.74) is 2.14. The number of piperidine rings is 1. The number of nitriles is 1. The fourth-order valence-electron chi connectivity index (χ4n) is 7.83. The number of carbonyl (C=O) groups excluding carboxylic acids is 5. The van der Waals surface area contributed by atoms with E-state index < -0.39 is 29.7 Å². The second-order valence-electron chi connectivity index (χ2n) is 14.8. The van der Waals surface area contributed by atoms with Gasteiger partial charge in [-0.2, -0.15) is 5.26 Å². The van der Waals surface area contributed by atoms with Crippen LogP contribution in [0.2, 0.25) is 5.02 Å². The monoisotopic (exact) mass is 733 g/mol. The molecule has 1 saturated carbocycles. The number of hydrogen-bond acceptors (Lipinski definition) is 8. The number of fused-ring (bicyclic) bond motifs is 1. The van der Waals surface area contributed by atoms with E-state index >= 15 is 0 Å². The first-order valence-electron chi connectivity index (χ1n) is 17.6. The van der Waals surface area contributed by atoms with Gasteiger partial charge < -0.3 is 15.4 Å². The minimum atomic E-state index is -1.00. The lowest BCUT2D eigenvalue weighted by Gasteiger charge is -2.63. The van der Waals surface area contributed by atoms with Crippen molar-refractivity contribution in [3.05, 3.63) is 93.5 Å². The van der Waals surface area contributed by atoms with Gasteiger partial charge in [0.15, 0.2) is 0 Å². The Hall–Kier alpha value is -5.65. The van der Waals surface area contributed by atoms with Gasteiger partial charge >= 0.3 is 0 Å². The first kappa shape index (κ1) is 37.1. The SMILES string of the molecule is CC1(C)[C@H](NC(=O)c2ccc(NCCCCC#Cc3ccc4c(c3)C(=O)N([C@H]3CCC(=O)NC3=O)C4=O)cc2)C(C)(C)[C@H]1Oc1ccc(C#N)c(Cl)c1. The van der Waals surface area contributed by atoms with Crippen molar-refractivity contribution in [2.24, 2.45) is 10.8 Å². The van der Waals surface area contributed by atoms with E-state index in [4.69, 9.17) is 21.6 Å². The molecule has 5 amide bonds. The Morgan fingerprint density at radius 3 is 2.36 bits per heavy atom. The van der Waals surface area contributed by atoms with Crippen LogP contribution in [0.3, 0.4) is 0 Å². The predicted molar refractivity (Wildman–Crippen MR) is 198 cm³/mol. The van der Waals surface area contributed by atoms with Crippen LogP contribution in [-0.4, -0.2) is 59.2 Å². The summed E-state index contributed by atoms with van der Waals surface area (Å²) in [6.07, 6.45) is 2.31. The van der Waals surface area contributed by atoms with Crippen LogP contribution in [0, 0.1) is 34.0 Å². The molecule has 1 aliphatic carbocycles. The van der Waals surface area contributed by atoms with E-state index in [-0.39, 0.29) is 52.9 Å².